The van der Waals surface area contributed by atoms with Crippen LogP contribution in [0, 0.1) is 0 Å². The molecule has 0 saturated heterocycles. The normalized spacial score (nSPS) is 27.6. The first kappa shape index (κ1) is 9.21. The maximum atomic E-state index is 11.3. The van der Waals surface area contributed by atoms with Crippen LogP contribution in [0.25, 0.3) is 5.57 Å². The van der Waals surface area contributed by atoms with E-state index in [0.29, 0.717) is 12.2 Å². The van der Waals surface area contributed by atoms with Gasteiger partial charge in [0.2, 0.25) is 0 Å². The maximum Gasteiger partial charge on any atom is 0.158 e. The van der Waals surface area contributed by atoms with Crippen LogP contribution in [0.1, 0.15) is 25.5 Å². The van der Waals surface area contributed by atoms with Gasteiger partial charge < -0.3 is 9.52 Å². The van der Waals surface area contributed by atoms with E-state index in [1.165, 1.54) is 0 Å². The number of furan rings is 1. The maximum absolute atomic E-state index is 11.3. The zero-order valence-corrected chi connectivity index (χ0v) is 7.99. The second kappa shape index (κ2) is 3.10. The van der Waals surface area contributed by atoms with Gasteiger partial charge in [-0.3, -0.25) is 4.79 Å². The van der Waals surface area contributed by atoms with E-state index >= 15 is 0 Å². The molecule has 1 heterocycles. The molecule has 14 heavy (non-hydrogen) atoms. The second-order valence-electron chi connectivity index (χ2n) is 3.96. The first-order valence-corrected chi connectivity index (χ1v) is 4.56. The van der Waals surface area contributed by atoms with E-state index in [-0.39, 0.29) is 12.2 Å². The average Bonchev–Trinajstić information content (AvgIpc) is 2.51. The zero-order chi connectivity index (χ0) is 10.2. The molecular formula is C11H12O3. The van der Waals surface area contributed by atoms with Crippen LogP contribution in [0.4, 0.5) is 0 Å². The van der Waals surface area contributed by atoms with E-state index in [2.05, 4.69) is 0 Å². The summed E-state index contributed by atoms with van der Waals surface area (Å²) >= 11 is 0. The smallest absolute Gasteiger partial charge is 0.158 e. The van der Waals surface area contributed by atoms with E-state index in [1.54, 1.807) is 31.4 Å². The molecule has 1 aromatic heterocycles. The van der Waals surface area contributed by atoms with E-state index < -0.39 is 5.60 Å². The molecule has 0 amide bonds. The van der Waals surface area contributed by atoms with Gasteiger partial charge in [-0.15, -0.1) is 0 Å². The van der Waals surface area contributed by atoms with Crippen molar-refractivity contribution in [3.05, 3.63) is 30.2 Å². The summed E-state index contributed by atoms with van der Waals surface area (Å²) in [6, 6.07) is 3.56. The van der Waals surface area contributed by atoms with E-state index in [9.17, 15) is 9.90 Å². The Hall–Kier alpha value is -1.35. The van der Waals surface area contributed by atoms with Gasteiger partial charge in [-0.1, -0.05) is 0 Å². The summed E-state index contributed by atoms with van der Waals surface area (Å²) in [6.45, 7) is 1.67. The number of rotatable bonds is 1. The molecule has 2 rings (SSSR count). The molecule has 1 aliphatic rings. The number of ketones is 1. The topological polar surface area (TPSA) is 50.4 Å². The summed E-state index contributed by atoms with van der Waals surface area (Å²) in [5, 5.41) is 9.81. The molecule has 1 N–H and O–H groups in total. The van der Waals surface area contributed by atoms with Crippen LogP contribution in [0.3, 0.4) is 0 Å². The van der Waals surface area contributed by atoms with Crippen LogP contribution < -0.4 is 0 Å². The quantitative estimate of drug-likeness (QED) is 0.737. The number of hydrogen-bond acceptors (Lipinski definition) is 3. The highest BCUT2D eigenvalue weighted by Gasteiger charge is 2.30. The minimum atomic E-state index is -0.937. The molecule has 1 aromatic rings. The molecule has 0 bridgehead atoms. The molecule has 3 heteroatoms. The fourth-order valence-corrected chi connectivity index (χ4v) is 1.76. The Kier molecular flexibility index (Phi) is 2.04. The summed E-state index contributed by atoms with van der Waals surface area (Å²) in [5.74, 6) is 0.617. The second-order valence-corrected chi connectivity index (χ2v) is 3.96. The van der Waals surface area contributed by atoms with Crippen LogP contribution in [-0.4, -0.2) is 16.5 Å². The highest BCUT2D eigenvalue weighted by molar-refractivity contribution is 5.98. The SMILES string of the molecule is CC1(O)CC(=O)C=C(c2ccco2)C1. The lowest BCUT2D eigenvalue weighted by molar-refractivity contribution is -0.119. The van der Waals surface area contributed by atoms with Gasteiger partial charge in [-0.25, -0.2) is 0 Å². The fraction of sp³-hybridized carbons (Fsp3) is 0.364. The van der Waals surface area contributed by atoms with Gasteiger partial charge >= 0.3 is 0 Å². The van der Waals surface area contributed by atoms with Crippen molar-refractivity contribution >= 4 is 11.4 Å². The molecule has 0 fully saturated rings. The molecule has 0 spiro atoms. The number of allylic oxidation sites excluding steroid dienone is 1. The number of carbonyl (C=O) groups is 1. The van der Waals surface area contributed by atoms with Crippen molar-refractivity contribution in [2.75, 3.05) is 0 Å². The van der Waals surface area contributed by atoms with Crippen LogP contribution in [0.2, 0.25) is 0 Å². The monoisotopic (exact) mass is 192 g/mol. The predicted molar refractivity (Wildman–Crippen MR) is 51.5 cm³/mol. The Morgan fingerprint density at radius 2 is 2.29 bits per heavy atom. The standard InChI is InChI=1S/C11H12O3/c1-11(13)6-8(5-9(12)7-11)10-3-2-4-14-10/h2-5,13H,6-7H2,1H3. The van der Waals surface area contributed by atoms with Crippen molar-refractivity contribution in [2.24, 2.45) is 0 Å². The van der Waals surface area contributed by atoms with E-state index in [0.717, 1.165) is 5.57 Å². The highest BCUT2D eigenvalue weighted by Crippen LogP contribution is 2.32. The largest absolute Gasteiger partial charge is 0.465 e. The van der Waals surface area contributed by atoms with E-state index in [1.807, 2.05) is 0 Å². The van der Waals surface area contributed by atoms with Gasteiger partial charge in [0.1, 0.15) is 5.76 Å². The minimum absolute atomic E-state index is 0.0485. The van der Waals surface area contributed by atoms with Crippen LogP contribution >= 0.6 is 0 Å². The van der Waals surface area contributed by atoms with Crippen molar-refractivity contribution in [3.63, 3.8) is 0 Å². The van der Waals surface area contributed by atoms with Crippen LogP contribution in [0.15, 0.2) is 28.9 Å². The van der Waals surface area contributed by atoms with Crippen molar-refractivity contribution in [1.82, 2.24) is 0 Å². The van der Waals surface area contributed by atoms with Gasteiger partial charge in [0.05, 0.1) is 11.9 Å². The van der Waals surface area contributed by atoms with Gasteiger partial charge in [0.25, 0.3) is 0 Å². The lowest BCUT2D eigenvalue weighted by Gasteiger charge is -2.26. The lowest BCUT2D eigenvalue weighted by Crippen LogP contribution is -2.30. The molecule has 1 atom stereocenters. The number of aliphatic hydroxyl groups is 1. The summed E-state index contributed by atoms with van der Waals surface area (Å²) in [6.07, 6.45) is 3.77. The van der Waals surface area contributed by atoms with Gasteiger partial charge in [-0.2, -0.15) is 0 Å². The van der Waals surface area contributed by atoms with Crippen LogP contribution in [0.5, 0.6) is 0 Å². The molecule has 1 unspecified atom stereocenters. The van der Waals surface area contributed by atoms with Crippen molar-refractivity contribution in [1.29, 1.82) is 0 Å². The highest BCUT2D eigenvalue weighted by atomic mass is 16.3. The average molecular weight is 192 g/mol. The predicted octanol–water partition coefficient (Wildman–Crippen LogP) is 1.78. The fourth-order valence-electron chi connectivity index (χ4n) is 1.76. The molecule has 3 nitrogen and oxygen atoms in total. The Labute approximate surface area is 82.0 Å². The molecule has 0 aromatic carbocycles. The minimum Gasteiger partial charge on any atom is -0.465 e. The molecule has 1 aliphatic carbocycles. The molecular weight excluding hydrogens is 180 g/mol. The third-order valence-electron chi connectivity index (χ3n) is 2.30. The Morgan fingerprint density at radius 3 is 2.86 bits per heavy atom. The van der Waals surface area contributed by atoms with Gasteiger partial charge in [0.15, 0.2) is 5.78 Å². The first-order valence-electron chi connectivity index (χ1n) is 4.56. The Morgan fingerprint density at radius 1 is 1.50 bits per heavy atom. The summed E-state index contributed by atoms with van der Waals surface area (Å²) < 4.78 is 5.18. The first-order chi connectivity index (χ1) is 6.57. The summed E-state index contributed by atoms with van der Waals surface area (Å²) in [7, 11) is 0. The van der Waals surface area contributed by atoms with E-state index in [4.69, 9.17) is 4.42 Å². The summed E-state index contributed by atoms with van der Waals surface area (Å²) in [5.41, 5.74) is -0.162. The number of carbonyl (C=O) groups excluding carboxylic acids is 1. The summed E-state index contributed by atoms with van der Waals surface area (Å²) in [4.78, 5) is 11.3. The lowest BCUT2D eigenvalue weighted by atomic mass is 9.84. The zero-order valence-electron chi connectivity index (χ0n) is 7.99. The number of hydrogen-bond donors (Lipinski definition) is 1. The molecule has 0 radical (unpaired) electrons. The van der Waals surface area contributed by atoms with Crippen molar-refractivity contribution in [3.8, 4) is 0 Å². The third-order valence-corrected chi connectivity index (χ3v) is 2.30. The molecule has 74 valence electrons. The van der Waals surface area contributed by atoms with Crippen molar-refractivity contribution < 1.29 is 14.3 Å². The Bertz CT molecular complexity index is 371. The van der Waals surface area contributed by atoms with Gasteiger partial charge in [-0.05, 0) is 25.1 Å². The van der Waals surface area contributed by atoms with Gasteiger partial charge in [0, 0.05) is 18.4 Å². The van der Waals surface area contributed by atoms with Crippen LogP contribution in [-0.2, 0) is 4.79 Å². The molecule has 0 aliphatic heterocycles. The Balaban J connectivity index is 2.33. The third kappa shape index (κ3) is 1.77. The molecule has 0 saturated carbocycles. The van der Waals surface area contributed by atoms with Crippen molar-refractivity contribution in [2.45, 2.75) is 25.4 Å².